The number of alkyl halides is 34. The van der Waals surface area contributed by atoms with Crippen molar-refractivity contribution in [1.82, 2.24) is 20.4 Å². The van der Waals surface area contributed by atoms with Crippen molar-refractivity contribution < 1.29 is 150 Å². The third kappa shape index (κ3) is 9.65. The summed E-state index contributed by atoms with van der Waals surface area (Å²) in [7, 11) is 0. The van der Waals surface area contributed by atoms with Crippen molar-refractivity contribution in [1.29, 1.82) is 0 Å². The van der Waals surface area contributed by atoms with Crippen LogP contribution in [0, 0.1) is 0 Å². The molecule has 1 rings (SSSR count). The average Bonchev–Trinajstić information content (AvgIpc) is 3.16. The summed E-state index contributed by atoms with van der Waals surface area (Å²) in [5.74, 6) is -124. The molecule has 0 bridgehead atoms. The number of halogens is 34. The molecule has 1 heterocycles. The molecule has 40 heteroatoms. The summed E-state index contributed by atoms with van der Waals surface area (Å²) in [5, 5.41) is -12.6. The molecule has 0 spiro atoms. The highest BCUT2D eigenvalue weighted by molar-refractivity contribution is 6.22. The Kier molecular flexibility index (Phi) is 17.4. The van der Waals surface area contributed by atoms with E-state index in [1.54, 1.807) is 0 Å². The average molecular weight is 1130 g/mol. The summed E-state index contributed by atoms with van der Waals surface area (Å²) in [5.41, 5.74) is 0. The zero-order chi connectivity index (χ0) is 54.8. The number of carbonyl (C=O) groups is 2. The summed E-state index contributed by atoms with van der Waals surface area (Å²) >= 11 is 6.83. The fourth-order valence-corrected chi connectivity index (χ4v) is 5.32. The highest BCUT2D eigenvalue weighted by atomic mass is 35.5. The monoisotopic (exact) mass is 1120 g/mol. The van der Waals surface area contributed by atoms with E-state index in [1.165, 1.54) is 9.80 Å². The molecule has 404 valence electrons. The van der Waals surface area contributed by atoms with Gasteiger partial charge in [0.05, 0.1) is 0 Å². The number of carbonyl (C=O) groups excluding carboxylic acids is 2. The standard InChI is InChI=1S/C28H22Cl2F32N4O2/c29-27(59,60)25(55,56)23(51,52)21(47,48)19(43,44)17(39,40)15(35,36)13(31,32)11(67)63-3-1-5-65-7-9-66(10-8-65)6-2-4-64-12(68)14(33,34)16(37,38)18(41,42)20(45,46)22(49,50)24(53,54)26(57,58)28(30,61)62/h1-10H2,(H,63,67)(H,64,68). The molecule has 2 amide bonds. The van der Waals surface area contributed by atoms with E-state index in [1.807, 2.05) is 0 Å². The molecule has 1 fully saturated rings. The molecule has 1 aliphatic heterocycles. The van der Waals surface area contributed by atoms with Crippen molar-refractivity contribution in [2.24, 2.45) is 0 Å². The van der Waals surface area contributed by atoms with Gasteiger partial charge in [0.2, 0.25) is 0 Å². The fraction of sp³-hybridized carbons (Fsp3) is 0.929. The predicted molar refractivity (Wildman–Crippen MR) is 159 cm³/mol. The Bertz CT molecular complexity index is 1650. The van der Waals surface area contributed by atoms with Crippen molar-refractivity contribution in [2.75, 3.05) is 52.4 Å². The number of rotatable bonds is 24. The molecule has 0 aromatic carbocycles. The van der Waals surface area contributed by atoms with Gasteiger partial charge < -0.3 is 20.4 Å². The van der Waals surface area contributed by atoms with Crippen LogP contribution in [0.4, 0.5) is 140 Å². The number of nitrogens with zero attached hydrogens (tertiary/aromatic N) is 2. The lowest BCUT2D eigenvalue weighted by Crippen LogP contribution is -2.75. The Hall–Kier alpha value is -2.80. The van der Waals surface area contributed by atoms with E-state index in [9.17, 15) is 150 Å². The first-order chi connectivity index (χ1) is 29.5. The number of hydrogen-bond acceptors (Lipinski definition) is 4. The lowest BCUT2D eigenvalue weighted by atomic mass is 9.89. The minimum atomic E-state index is -8.82. The third-order valence-electron chi connectivity index (χ3n) is 9.35. The Balaban J connectivity index is 2.87. The molecule has 0 aromatic heterocycles. The molecule has 1 aliphatic rings. The molecule has 68 heavy (non-hydrogen) atoms. The van der Waals surface area contributed by atoms with Crippen LogP contribution < -0.4 is 10.6 Å². The van der Waals surface area contributed by atoms with Crippen LogP contribution in [0.25, 0.3) is 0 Å². The first-order valence-corrected chi connectivity index (χ1v) is 17.7. The highest BCUT2D eigenvalue weighted by Gasteiger charge is 2.97. The van der Waals surface area contributed by atoms with Gasteiger partial charge in [0.1, 0.15) is 0 Å². The van der Waals surface area contributed by atoms with Gasteiger partial charge >= 0.3 is 93.7 Å². The highest BCUT2D eigenvalue weighted by Crippen LogP contribution is 2.66. The van der Waals surface area contributed by atoms with Crippen molar-refractivity contribution in [3.05, 3.63) is 0 Å². The fourth-order valence-electron chi connectivity index (χ4n) is 5.08. The van der Waals surface area contributed by atoms with Crippen LogP contribution >= 0.6 is 23.2 Å². The molecule has 1 saturated heterocycles. The van der Waals surface area contributed by atoms with Crippen LogP contribution in [0.2, 0.25) is 0 Å². The SMILES string of the molecule is O=C(NCCCN1CCN(CCCNC(=O)C(F)(F)C(F)(F)C(F)(F)C(F)(F)C(F)(F)C(F)(F)C(F)(F)C(F)(F)Cl)CC1)C(F)(F)C(F)(F)C(F)(F)C(F)(F)C(F)(F)C(F)(F)C(F)(F)C(F)(F)Cl. The smallest absolute Gasteiger partial charge is 0.351 e. The molecule has 0 saturated carbocycles. The van der Waals surface area contributed by atoms with Crippen molar-refractivity contribution in [3.63, 3.8) is 0 Å². The lowest BCUT2D eigenvalue weighted by Gasteiger charge is -2.42. The second-order valence-corrected chi connectivity index (χ2v) is 14.9. The molecule has 0 radical (unpaired) electrons. The number of piperazine rings is 1. The molecular weight excluding hydrogens is 1100 g/mol. The minimum absolute atomic E-state index is 0.241. The zero-order valence-electron chi connectivity index (χ0n) is 31.6. The van der Waals surface area contributed by atoms with Crippen LogP contribution in [-0.4, -0.2) is 168 Å². The van der Waals surface area contributed by atoms with Gasteiger partial charge in [0.15, 0.2) is 0 Å². The first kappa shape index (κ1) is 63.2. The summed E-state index contributed by atoms with van der Waals surface area (Å²) in [6.45, 7) is -4.63. The maximum Gasteiger partial charge on any atom is 0.393 e. The van der Waals surface area contributed by atoms with Crippen molar-refractivity contribution >= 4 is 35.0 Å². The molecule has 6 nitrogen and oxygen atoms in total. The Morgan fingerprint density at radius 1 is 0.324 bits per heavy atom. The van der Waals surface area contributed by atoms with Crippen molar-refractivity contribution in [2.45, 2.75) is 107 Å². The number of hydrogen-bond donors (Lipinski definition) is 2. The molecule has 0 aromatic rings. The van der Waals surface area contributed by atoms with Gasteiger partial charge in [0, 0.05) is 39.3 Å². The lowest BCUT2D eigenvalue weighted by molar-refractivity contribution is -0.446. The van der Waals surface area contributed by atoms with Gasteiger partial charge in [-0.15, -0.1) is 0 Å². The van der Waals surface area contributed by atoms with Crippen LogP contribution in [0.1, 0.15) is 12.8 Å². The van der Waals surface area contributed by atoms with E-state index in [2.05, 4.69) is 23.2 Å². The summed E-state index contributed by atoms with van der Waals surface area (Å²) < 4.78 is 436. The van der Waals surface area contributed by atoms with Gasteiger partial charge in [-0.3, -0.25) is 9.59 Å². The molecular formula is C28H22Cl2F32N4O2. The van der Waals surface area contributed by atoms with E-state index in [0.717, 1.165) is 10.6 Å². The van der Waals surface area contributed by atoms with E-state index in [4.69, 9.17) is 0 Å². The first-order valence-electron chi connectivity index (χ1n) is 16.9. The number of nitrogens with one attached hydrogen (secondary N) is 2. The van der Waals surface area contributed by atoms with E-state index in [0.29, 0.717) is 0 Å². The van der Waals surface area contributed by atoms with Crippen LogP contribution in [0.5, 0.6) is 0 Å². The maximum atomic E-state index is 14.1. The number of amides is 2. The largest absolute Gasteiger partial charge is 0.393 e. The Morgan fingerprint density at radius 2 is 0.500 bits per heavy atom. The van der Waals surface area contributed by atoms with Crippen LogP contribution in [0.3, 0.4) is 0 Å². The minimum Gasteiger partial charge on any atom is -0.351 e. The molecule has 0 aliphatic carbocycles. The molecule has 0 unspecified atom stereocenters. The van der Waals surface area contributed by atoms with Gasteiger partial charge in [-0.05, 0) is 49.1 Å². The normalized spacial score (nSPS) is 17.7. The van der Waals surface area contributed by atoms with E-state index < -0.39 is 145 Å². The second kappa shape index (κ2) is 18.7. The van der Waals surface area contributed by atoms with Gasteiger partial charge in [-0.2, -0.15) is 140 Å². The zero-order valence-corrected chi connectivity index (χ0v) is 33.1. The van der Waals surface area contributed by atoms with Gasteiger partial charge in [-0.1, -0.05) is 0 Å². The topological polar surface area (TPSA) is 64.7 Å². The van der Waals surface area contributed by atoms with Crippen LogP contribution in [-0.2, 0) is 9.59 Å². The Labute approximate surface area is 364 Å². The maximum absolute atomic E-state index is 14.1. The third-order valence-corrected chi connectivity index (χ3v) is 9.83. The predicted octanol–water partition coefficient (Wildman–Crippen LogP) is 10.2. The van der Waals surface area contributed by atoms with Crippen LogP contribution in [0.15, 0.2) is 0 Å². The van der Waals surface area contributed by atoms with Crippen molar-refractivity contribution in [3.8, 4) is 0 Å². The Morgan fingerprint density at radius 3 is 0.691 bits per heavy atom. The molecule has 2 N–H and O–H groups in total. The quantitative estimate of drug-likeness (QED) is 0.0575. The van der Waals surface area contributed by atoms with E-state index in [-0.39, 0.29) is 26.2 Å². The second-order valence-electron chi connectivity index (χ2n) is 13.9. The van der Waals surface area contributed by atoms with Gasteiger partial charge in [-0.25, -0.2) is 0 Å². The summed E-state index contributed by atoms with van der Waals surface area (Å²) in [4.78, 5) is 25.7. The molecule has 0 atom stereocenters. The summed E-state index contributed by atoms with van der Waals surface area (Å²) in [6.07, 6.45) is -1.48. The van der Waals surface area contributed by atoms with E-state index >= 15 is 0 Å². The summed E-state index contributed by atoms with van der Waals surface area (Å²) in [6, 6.07) is 0. The van der Waals surface area contributed by atoms with Gasteiger partial charge in [0.25, 0.3) is 11.8 Å².